The molecule has 2 aromatic rings. The van der Waals surface area contributed by atoms with Crippen molar-refractivity contribution in [3.8, 4) is 0 Å². The Hall–Kier alpha value is -4.42. The quantitative estimate of drug-likeness (QED) is 0.356. The molecule has 5 amide bonds. The summed E-state index contributed by atoms with van der Waals surface area (Å²) in [6.07, 6.45) is 6.49. The number of carbonyl (C=O) groups excluding carboxylic acids is 5. The Bertz CT molecular complexity index is 1400. The molecule has 1 aromatic carbocycles. The number of aromatic nitrogens is 2. The monoisotopic (exact) mass is 651 g/mol. The Balaban J connectivity index is 1.39. The third-order valence-corrected chi connectivity index (χ3v) is 8.60. The van der Waals surface area contributed by atoms with Crippen molar-refractivity contribution >= 4 is 35.4 Å². The van der Waals surface area contributed by atoms with Crippen molar-refractivity contribution in [2.45, 2.75) is 90.3 Å². The van der Waals surface area contributed by atoms with E-state index in [4.69, 9.17) is 4.74 Å². The van der Waals surface area contributed by atoms with Crippen LogP contribution < -0.4 is 16.0 Å². The van der Waals surface area contributed by atoms with Crippen LogP contribution in [0, 0.1) is 5.92 Å². The van der Waals surface area contributed by atoms with Crippen molar-refractivity contribution in [2.75, 3.05) is 31.5 Å². The van der Waals surface area contributed by atoms with Crippen molar-refractivity contribution in [1.82, 2.24) is 30.2 Å². The van der Waals surface area contributed by atoms with Crippen LogP contribution in [-0.2, 0) is 32.6 Å². The third-order valence-electron chi connectivity index (χ3n) is 8.60. The predicted molar refractivity (Wildman–Crippen MR) is 176 cm³/mol. The Morgan fingerprint density at radius 2 is 1.55 bits per heavy atom. The molecule has 1 saturated heterocycles. The SMILES string of the molecule is CCC(=O)N[C@H](Cc1ccc(NC(=O)[C@@H](NC(=O)c2ccnn2C)C2CCCCC2)cc1)C(=O)N1CCN(C(=O)OC(C)(C)C)CC1. The highest BCUT2D eigenvalue weighted by Gasteiger charge is 2.33. The highest BCUT2D eigenvalue weighted by Crippen LogP contribution is 2.28. The van der Waals surface area contributed by atoms with Crippen molar-refractivity contribution < 1.29 is 28.7 Å². The molecule has 47 heavy (non-hydrogen) atoms. The Labute approximate surface area is 276 Å². The van der Waals surface area contributed by atoms with Gasteiger partial charge < -0.3 is 30.5 Å². The number of rotatable bonds is 10. The second-order valence-electron chi connectivity index (χ2n) is 13.3. The second kappa shape index (κ2) is 15.9. The van der Waals surface area contributed by atoms with E-state index in [-0.39, 0.29) is 42.4 Å². The normalized spacial score (nSPS) is 17.0. The minimum atomic E-state index is -0.783. The van der Waals surface area contributed by atoms with Gasteiger partial charge in [-0.05, 0) is 63.3 Å². The van der Waals surface area contributed by atoms with E-state index >= 15 is 0 Å². The molecule has 2 heterocycles. The van der Waals surface area contributed by atoms with Gasteiger partial charge in [0.05, 0.1) is 0 Å². The van der Waals surface area contributed by atoms with E-state index < -0.39 is 23.8 Å². The first-order chi connectivity index (χ1) is 22.3. The summed E-state index contributed by atoms with van der Waals surface area (Å²) >= 11 is 0. The predicted octanol–water partition coefficient (Wildman–Crippen LogP) is 3.25. The molecule has 1 saturated carbocycles. The summed E-state index contributed by atoms with van der Waals surface area (Å²) in [6.45, 7) is 8.51. The summed E-state index contributed by atoms with van der Waals surface area (Å²) in [5, 5.41) is 12.8. The lowest BCUT2D eigenvalue weighted by molar-refractivity contribution is -0.137. The molecule has 0 unspecified atom stereocenters. The van der Waals surface area contributed by atoms with E-state index in [0.717, 1.165) is 37.7 Å². The Morgan fingerprint density at radius 1 is 0.915 bits per heavy atom. The maximum Gasteiger partial charge on any atom is 0.410 e. The fraction of sp³-hybridized carbons (Fsp3) is 0.588. The van der Waals surface area contributed by atoms with Crippen LogP contribution >= 0.6 is 0 Å². The first kappa shape index (κ1) is 35.4. The zero-order valence-corrected chi connectivity index (χ0v) is 28.2. The average Bonchev–Trinajstić information content (AvgIpc) is 3.49. The minimum Gasteiger partial charge on any atom is -0.444 e. The van der Waals surface area contributed by atoms with Gasteiger partial charge >= 0.3 is 6.09 Å². The lowest BCUT2D eigenvalue weighted by Gasteiger charge is -2.37. The number of nitrogens with one attached hydrogen (secondary N) is 3. The van der Waals surface area contributed by atoms with Crippen LogP contribution in [0.3, 0.4) is 0 Å². The van der Waals surface area contributed by atoms with Gasteiger partial charge in [0, 0.05) is 58.0 Å². The molecular weight excluding hydrogens is 602 g/mol. The molecule has 1 aromatic heterocycles. The molecule has 0 spiro atoms. The summed E-state index contributed by atoms with van der Waals surface area (Å²) in [5.41, 5.74) is 1.14. The number of piperazine rings is 1. The van der Waals surface area contributed by atoms with E-state index in [1.54, 1.807) is 48.2 Å². The van der Waals surface area contributed by atoms with Crippen LogP contribution in [0.15, 0.2) is 36.5 Å². The summed E-state index contributed by atoms with van der Waals surface area (Å²) in [6, 6.07) is 7.30. The summed E-state index contributed by atoms with van der Waals surface area (Å²) < 4.78 is 6.94. The fourth-order valence-electron chi connectivity index (χ4n) is 6.01. The first-order valence-electron chi connectivity index (χ1n) is 16.6. The number of aryl methyl sites for hydroxylation is 1. The summed E-state index contributed by atoms with van der Waals surface area (Å²) in [5.74, 6) is -1.05. The molecule has 4 rings (SSSR count). The third kappa shape index (κ3) is 10.0. The maximum absolute atomic E-state index is 13.6. The maximum atomic E-state index is 13.6. The van der Waals surface area contributed by atoms with E-state index in [1.807, 2.05) is 32.9 Å². The van der Waals surface area contributed by atoms with Crippen LogP contribution in [0.2, 0.25) is 0 Å². The van der Waals surface area contributed by atoms with Crippen LogP contribution in [0.5, 0.6) is 0 Å². The zero-order chi connectivity index (χ0) is 34.1. The topological polar surface area (TPSA) is 155 Å². The molecule has 1 aliphatic carbocycles. The van der Waals surface area contributed by atoms with Gasteiger partial charge in [0.2, 0.25) is 17.7 Å². The van der Waals surface area contributed by atoms with Crippen LogP contribution in [0.1, 0.15) is 82.3 Å². The highest BCUT2D eigenvalue weighted by molar-refractivity contribution is 6.00. The molecule has 3 N–H and O–H groups in total. The smallest absolute Gasteiger partial charge is 0.410 e. The van der Waals surface area contributed by atoms with Gasteiger partial charge in [-0.3, -0.25) is 23.9 Å². The van der Waals surface area contributed by atoms with Crippen LogP contribution in [0.25, 0.3) is 0 Å². The van der Waals surface area contributed by atoms with E-state index in [9.17, 15) is 24.0 Å². The molecule has 13 nitrogen and oxygen atoms in total. The highest BCUT2D eigenvalue weighted by atomic mass is 16.6. The number of hydrogen-bond acceptors (Lipinski definition) is 7. The molecule has 0 bridgehead atoms. The lowest BCUT2D eigenvalue weighted by atomic mass is 9.83. The van der Waals surface area contributed by atoms with Crippen LogP contribution in [-0.4, -0.2) is 93.2 Å². The molecule has 0 radical (unpaired) electrons. The fourth-order valence-corrected chi connectivity index (χ4v) is 6.01. The molecule has 2 fully saturated rings. The number of nitrogens with zero attached hydrogens (tertiary/aromatic N) is 4. The van der Waals surface area contributed by atoms with Crippen molar-refractivity contribution in [2.24, 2.45) is 13.0 Å². The lowest BCUT2D eigenvalue weighted by Crippen LogP contribution is -2.56. The number of anilines is 1. The molecule has 256 valence electrons. The van der Waals surface area contributed by atoms with Gasteiger partial charge in [-0.1, -0.05) is 38.3 Å². The average molecular weight is 652 g/mol. The number of amides is 5. The minimum absolute atomic E-state index is 0.0279. The summed E-state index contributed by atoms with van der Waals surface area (Å²) in [7, 11) is 1.69. The van der Waals surface area contributed by atoms with Gasteiger partial charge in [-0.2, -0.15) is 5.10 Å². The zero-order valence-electron chi connectivity index (χ0n) is 28.2. The largest absolute Gasteiger partial charge is 0.444 e. The number of ether oxygens (including phenoxy) is 1. The van der Waals surface area contributed by atoms with E-state index in [1.165, 1.54) is 4.68 Å². The Kier molecular flexibility index (Phi) is 12.0. The van der Waals surface area contributed by atoms with Gasteiger partial charge in [0.15, 0.2) is 0 Å². The number of benzene rings is 1. The Morgan fingerprint density at radius 3 is 2.13 bits per heavy atom. The van der Waals surface area contributed by atoms with Gasteiger partial charge in [-0.25, -0.2) is 4.79 Å². The van der Waals surface area contributed by atoms with Crippen molar-refractivity contribution in [1.29, 1.82) is 0 Å². The van der Waals surface area contributed by atoms with Gasteiger partial charge in [0.1, 0.15) is 23.4 Å². The van der Waals surface area contributed by atoms with Crippen molar-refractivity contribution in [3.05, 3.63) is 47.8 Å². The summed E-state index contributed by atoms with van der Waals surface area (Å²) in [4.78, 5) is 68.2. The van der Waals surface area contributed by atoms with Gasteiger partial charge in [-0.15, -0.1) is 0 Å². The number of hydrogen-bond donors (Lipinski definition) is 3. The second-order valence-corrected chi connectivity index (χ2v) is 13.3. The van der Waals surface area contributed by atoms with Crippen LogP contribution in [0.4, 0.5) is 10.5 Å². The van der Waals surface area contributed by atoms with Gasteiger partial charge in [0.25, 0.3) is 5.91 Å². The molecule has 13 heteroatoms. The van der Waals surface area contributed by atoms with Crippen molar-refractivity contribution in [3.63, 3.8) is 0 Å². The van der Waals surface area contributed by atoms with E-state index in [2.05, 4.69) is 21.0 Å². The van der Waals surface area contributed by atoms with E-state index in [0.29, 0.717) is 37.6 Å². The first-order valence-corrected chi connectivity index (χ1v) is 16.6. The molecular formula is C34H49N7O6. The molecule has 2 atom stereocenters. The molecule has 1 aliphatic heterocycles. The molecule has 2 aliphatic rings. The standard InChI is InChI=1S/C34H49N7O6/c1-6-28(42)37-26(32(45)40-18-20-41(21-19-40)33(46)47-34(2,3)4)22-23-12-14-25(15-13-23)36-31(44)29(24-10-8-7-9-11-24)38-30(43)27-16-17-35-39(27)5/h12-17,24,26,29H,6-11,18-22H2,1-5H3,(H,36,44)(H,37,42)(H,38,43)/t26-,29+/m1/s1. The number of carbonyl (C=O) groups is 5.